The number of piperidine rings is 1. The maximum absolute atomic E-state index is 12.8. The third kappa shape index (κ3) is 2.72. The minimum Gasteiger partial charge on any atom is -0.350 e. The molecule has 0 aliphatic carbocycles. The summed E-state index contributed by atoms with van der Waals surface area (Å²) in [6.07, 6.45) is 2.96. The number of carbonyl (C=O) groups excluding carboxylic acids is 1. The number of hydrogen-bond acceptors (Lipinski definition) is 5. The second kappa shape index (κ2) is 6.17. The van der Waals surface area contributed by atoms with Crippen LogP contribution in [0.5, 0.6) is 0 Å². The van der Waals surface area contributed by atoms with Crippen molar-refractivity contribution in [3.05, 3.63) is 40.8 Å². The van der Waals surface area contributed by atoms with Gasteiger partial charge in [0, 0.05) is 42.2 Å². The zero-order chi connectivity index (χ0) is 18.4. The standard InChI is InChI=1S/C19H20N4O4/c24-16(22-7-5-19(6-8-22)26-9-10-27-19)12-23-18(25)17-14(11-20-23)13-3-1-2-4-15(13)21-17/h1-4,11,21H,5-10,12H2. The summed E-state index contributed by atoms with van der Waals surface area (Å²) < 4.78 is 12.6. The Hall–Kier alpha value is -2.71. The smallest absolute Gasteiger partial charge is 0.291 e. The number of benzene rings is 1. The highest BCUT2D eigenvalue weighted by Crippen LogP contribution is 2.31. The third-order valence-corrected chi connectivity index (χ3v) is 5.50. The molecule has 0 radical (unpaired) electrons. The number of fused-ring (bicyclic) bond motifs is 3. The number of likely N-dealkylation sites (tertiary alicyclic amines) is 1. The Bertz CT molecular complexity index is 1070. The molecule has 27 heavy (non-hydrogen) atoms. The molecule has 1 aromatic carbocycles. The molecule has 2 aliphatic rings. The van der Waals surface area contributed by atoms with Crippen molar-refractivity contribution in [2.24, 2.45) is 0 Å². The largest absolute Gasteiger partial charge is 0.350 e. The van der Waals surface area contributed by atoms with Crippen LogP contribution in [0.1, 0.15) is 12.8 Å². The van der Waals surface area contributed by atoms with Crippen molar-refractivity contribution >= 4 is 27.7 Å². The summed E-state index contributed by atoms with van der Waals surface area (Å²) in [5.74, 6) is -0.636. The molecule has 2 aliphatic heterocycles. The van der Waals surface area contributed by atoms with Crippen molar-refractivity contribution in [1.29, 1.82) is 0 Å². The number of aromatic amines is 1. The second-order valence-corrected chi connectivity index (χ2v) is 7.06. The minimum absolute atomic E-state index is 0.0706. The van der Waals surface area contributed by atoms with E-state index in [9.17, 15) is 9.59 Å². The highest BCUT2D eigenvalue weighted by atomic mass is 16.7. The highest BCUT2D eigenvalue weighted by molar-refractivity contribution is 6.06. The zero-order valence-electron chi connectivity index (χ0n) is 14.8. The van der Waals surface area contributed by atoms with E-state index in [0.29, 0.717) is 44.7 Å². The van der Waals surface area contributed by atoms with Crippen LogP contribution in [0.2, 0.25) is 0 Å². The van der Waals surface area contributed by atoms with Gasteiger partial charge in [-0.1, -0.05) is 18.2 Å². The van der Waals surface area contributed by atoms with E-state index >= 15 is 0 Å². The van der Waals surface area contributed by atoms with E-state index in [4.69, 9.17) is 9.47 Å². The first-order valence-corrected chi connectivity index (χ1v) is 9.17. The molecular formula is C19H20N4O4. The first-order valence-electron chi connectivity index (χ1n) is 9.17. The molecule has 5 rings (SSSR count). The molecule has 2 fully saturated rings. The van der Waals surface area contributed by atoms with Crippen LogP contribution in [0.15, 0.2) is 35.3 Å². The van der Waals surface area contributed by atoms with Crippen molar-refractivity contribution in [2.45, 2.75) is 25.2 Å². The Morgan fingerprint density at radius 2 is 1.89 bits per heavy atom. The van der Waals surface area contributed by atoms with Crippen molar-refractivity contribution in [3.8, 4) is 0 Å². The number of rotatable bonds is 2. The lowest BCUT2D eigenvalue weighted by atomic mass is 10.0. The molecule has 0 saturated carbocycles. The summed E-state index contributed by atoms with van der Waals surface area (Å²) in [7, 11) is 0. The lowest BCUT2D eigenvalue weighted by Gasteiger charge is -2.37. The van der Waals surface area contributed by atoms with Crippen LogP contribution >= 0.6 is 0 Å². The lowest BCUT2D eigenvalue weighted by Crippen LogP contribution is -2.48. The monoisotopic (exact) mass is 368 g/mol. The quantitative estimate of drug-likeness (QED) is 0.735. The van der Waals surface area contributed by atoms with E-state index in [1.807, 2.05) is 24.3 Å². The lowest BCUT2D eigenvalue weighted by molar-refractivity contribution is -0.187. The van der Waals surface area contributed by atoms with Gasteiger partial charge in [-0.3, -0.25) is 9.59 Å². The van der Waals surface area contributed by atoms with Gasteiger partial charge < -0.3 is 19.4 Å². The Morgan fingerprint density at radius 3 is 2.67 bits per heavy atom. The summed E-state index contributed by atoms with van der Waals surface area (Å²) in [6, 6.07) is 7.70. The summed E-state index contributed by atoms with van der Waals surface area (Å²) in [4.78, 5) is 30.3. The number of ether oxygens (including phenoxy) is 2. The zero-order valence-corrected chi connectivity index (χ0v) is 14.8. The molecule has 3 aromatic rings. The van der Waals surface area contributed by atoms with Gasteiger partial charge in [0.25, 0.3) is 5.56 Å². The molecule has 4 heterocycles. The Labute approximate surface area is 154 Å². The first-order chi connectivity index (χ1) is 13.2. The normalized spacial score (nSPS) is 19.3. The molecule has 2 aromatic heterocycles. The predicted molar refractivity (Wildman–Crippen MR) is 98.3 cm³/mol. The fourth-order valence-corrected chi connectivity index (χ4v) is 4.00. The van der Waals surface area contributed by atoms with E-state index in [1.54, 1.807) is 11.1 Å². The number of nitrogens with zero attached hydrogens (tertiary/aromatic N) is 3. The molecule has 0 atom stereocenters. The number of carbonyl (C=O) groups is 1. The third-order valence-electron chi connectivity index (χ3n) is 5.50. The molecule has 0 bridgehead atoms. The van der Waals surface area contributed by atoms with E-state index < -0.39 is 5.79 Å². The van der Waals surface area contributed by atoms with E-state index in [1.165, 1.54) is 4.68 Å². The Morgan fingerprint density at radius 1 is 1.15 bits per heavy atom. The SMILES string of the molecule is O=C(Cn1ncc2c([nH]c3ccccc32)c1=O)N1CCC2(CC1)OCCO2. The summed E-state index contributed by atoms with van der Waals surface area (Å²) in [6.45, 7) is 2.26. The average Bonchev–Trinajstić information content (AvgIpc) is 3.30. The van der Waals surface area contributed by atoms with Crippen LogP contribution < -0.4 is 5.56 Å². The number of nitrogens with one attached hydrogen (secondary N) is 1. The van der Waals surface area contributed by atoms with Crippen molar-refractivity contribution in [3.63, 3.8) is 0 Å². The van der Waals surface area contributed by atoms with Gasteiger partial charge in [-0.15, -0.1) is 0 Å². The van der Waals surface area contributed by atoms with Gasteiger partial charge in [-0.25, -0.2) is 4.68 Å². The number of H-pyrrole nitrogens is 1. The molecule has 1 amide bonds. The van der Waals surface area contributed by atoms with Gasteiger partial charge in [0.2, 0.25) is 5.91 Å². The Kier molecular flexibility index (Phi) is 3.76. The average molecular weight is 368 g/mol. The predicted octanol–water partition coefficient (Wildman–Crippen LogP) is 1.24. The van der Waals surface area contributed by atoms with E-state index in [2.05, 4.69) is 10.1 Å². The fourth-order valence-electron chi connectivity index (χ4n) is 4.00. The van der Waals surface area contributed by atoms with Gasteiger partial charge in [0.1, 0.15) is 12.1 Å². The van der Waals surface area contributed by atoms with Gasteiger partial charge >= 0.3 is 0 Å². The minimum atomic E-state index is -0.519. The summed E-state index contributed by atoms with van der Waals surface area (Å²) >= 11 is 0. The Balaban J connectivity index is 1.37. The van der Waals surface area contributed by atoms with Crippen LogP contribution in [0.4, 0.5) is 0 Å². The van der Waals surface area contributed by atoms with Crippen LogP contribution in [-0.2, 0) is 20.8 Å². The van der Waals surface area contributed by atoms with Crippen LogP contribution in [-0.4, -0.2) is 57.7 Å². The number of amides is 1. The second-order valence-electron chi connectivity index (χ2n) is 7.06. The molecule has 140 valence electrons. The van der Waals surface area contributed by atoms with Crippen LogP contribution in [0.25, 0.3) is 21.8 Å². The fraction of sp³-hybridized carbons (Fsp3) is 0.421. The molecule has 1 spiro atoms. The van der Waals surface area contributed by atoms with Gasteiger partial charge in [-0.2, -0.15) is 5.10 Å². The summed E-state index contributed by atoms with van der Waals surface area (Å²) in [5, 5.41) is 5.95. The molecule has 1 N–H and O–H groups in total. The van der Waals surface area contributed by atoms with Crippen molar-refractivity contribution in [2.75, 3.05) is 26.3 Å². The molecule has 0 unspecified atom stereocenters. The van der Waals surface area contributed by atoms with Crippen LogP contribution in [0, 0.1) is 0 Å². The van der Waals surface area contributed by atoms with Gasteiger partial charge in [-0.05, 0) is 6.07 Å². The topological polar surface area (TPSA) is 89.5 Å². The molecule has 8 heteroatoms. The number of aromatic nitrogens is 3. The molecular weight excluding hydrogens is 348 g/mol. The maximum Gasteiger partial charge on any atom is 0.291 e. The van der Waals surface area contributed by atoms with Crippen LogP contribution in [0.3, 0.4) is 0 Å². The highest BCUT2D eigenvalue weighted by Gasteiger charge is 2.40. The maximum atomic E-state index is 12.8. The van der Waals surface area contributed by atoms with Gasteiger partial charge in [0.05, 0.1) is 19.4 Å². The number of hydrogen-bond donors (Lipinski definition) is 1. The molecule has 2 saturated heterocycles. The first kappa shape index (κ1) is 16.5. The van der Waals surface area contributed by atoms with E-state index in [0.717, 1.165) is 16.3 Å². The summed E-state index contributed by atoms with van der Waals surface area (Å²) in [5.41, 5.74) is 1.07. The van der Waals surface area contributed by atoms with Crippen molar-refractivity contribution in [1.82, 2.24) is 19.7 Å². The molecule has 8 nitrogen and oxygen atoms in total. The van der Waals surface area contributed by atoms with Gasteiger partial charge in [0.15, 0.2) is 5.79 Å². The van der Waals surface area contributed by atoms with Crippen molar-refractivity contribution < 1.29 is 14.3 Å². The number of para-hydroxylation sites is 1. The van der Waals surface area contributed by atoms with E-state index in [-0.39, 0.29) is 18.0 Å².